The van der Waals surface area contributed by atoms with Crippen LogP contribution >= 0.6 is 0 Å². The molecule has 0 aliphatic carbocycles. The van der Waals surface area contributed by atoms with Crippen molar-refractivity contribution in [3.8, 4) is 0 Å². The molecule has 0 bridgehead atoms. The highest BCUT2D eigenvalue weighted by atomic mass is 16.2. The van der Waals surface area contributed by atoms with E-state index >= 15 is 0 Å². The lowest BCUT2D eigenvalue weighted by molar-refractivity contribution is -0.117. The number of benzene rings is 1. The number of rotatable bonds is 8. The van der Waals surface area contributed by atoms with Crippen LogP contribution in [0, 0.1) is 0 Å². The van der Waals surface area contributed by atoms with Crippen molar-refractivity contribution in [3.63, 3.8) is 0 Å². The highest BCUT2D eigenvalue weighted by molar-refractivity contribution is 5.98. The van der Waals surface area contributed by atoms with Gasteiger partial charge in [0.05, 0.1) is 11.4 Å². The number of para-hydroxylation sites is 2. The van der Waals surface area contributed by atoms with Gasteiger partial charge < -0.3 is 10.2 Å². The summed E-state index contributed by atoms with van der Waals surface area (Å²) in [6, 6.07) is 8.16. The Bertz CT molecular complexity index is 431. The SMILES string of the molecule is CCCCCCCNc1ccccc1N1CCCC1=O. The summed E-state index contributed by atoms with van der Waals surface area (Å²) in [5.41, 5.74) is 2.14. The molecule has 0 saturated carbocycles. The molecule has 20 heavy (non-hydrogen) atoms. The van der Waals surface area contributed by atoms with Crippen LogP contribution in [0.4, 0.5) is 11.4 Å². The van der Waals surface area contributed by atoms with E-state index in [1.54, 1.807) is 0 Å². The molecule has 0 aromatic heterocycles. The largest absolute Gasteiger partial charge is 0.383 e. The van der Waals surface area contributed by atoms with Crippen LogP contribution in [0.3, 0.4) is 0 Å². The number of hydrogen-bond donors (Lipinski definition) is 1. The fraction of sp³-hybridized carbons (Fsp3) is 0.588. The first kappa shape index (κ1) is 14.9. The summed E-state index contributed by atoms with van der Waals surface area (Å²) < 4.78 is 0. The molecule has 1 aliphatic heterocycles. The van der Waals surface area contributed by atoms with Gasteiger partial charge in [0.15, 0.2) is 0 Å². The summed E-state index contributed by atoms with van der Waals surface area (Å²) in [7, 11) is 0. The molecule has 1 saturated heterocycles. The Morgan fingerprint density at radius 1 is 1.15 bits per heavy atom. The smallest absolute Gasteiger partial charge is 0.227 e. The van der Waals surface area contributed by atoms with E-state index in [1.165, 1.54) is 32.1 Å². The van der Waals surface area contributed by atoms with Gasteiger partial charge in [-0.3, -0.25) is 4.79 Å². The first-order valence-corrected chi connectivity index (χ1v) is 7.96. The van der Waals surface area contributed by atoms with Crippen molar-refractivity contribution in [1.82, 2.24) is 0 Å². The van der Waals surface area contributed by atoms with Gasteiger partial charge in [-0.25, -0.2) is 0 Å². The number of anilines is 2. The highest BCUT2D eigenvalue weighted by Gasteiger charge is 2.23. The normalized spacial score (nSPS) is 14.8. The summed E-state index contributed by atoms with van der Waals surface area (Å²) >= 11 is 0. The molecular formula is C17H26N2O. The van der Waals surface area contributed by atoms with Crippen molar-refractivity contribution >= 4 is 17.3 Å². The summed E-state index contributed by atoms with van der Waals surface area (Å²) in [6.45, 7) is 4.08. The Morgan fingerprint density at radius 3 is 2.70 bits per heavy atom. The number of carbonyl (C=O) groups is 1. The van der Waals surface area contributed by atoms with Gasteiger partial charge in [0.2, 0.25) is 5.91 Å². The molecule has 1 amide bonds. The second-order valence-corrected chi connectivity index (χ2v) is 5.51. The van der Waals surface area contributed by atoms with Gasteiger partial charge in [0, 0.05) is 19.5 Å². The van der Waals surface area contributed by atoms with Gasteiger partial charge in [-0.1, -0.05) is 44.7 Å². The molecule has 1 aliphatic rings. The van der Waals surface area contributed by atoms with Crippen LogP contribution < -0.4 is 10.2 Å². The minimum absolute atomic E-state index is 0.252. The first-order valence-electron chi connectivity index (χ1n) is 7.96. The van der Waals surface area contributed by atoms with Gasteiger partial charge in [-0.2, -0.15) is 0 Å². The molecule has 0 radical (unpaired) electrons. The Labute approximate surface area is 122 Å². The molecule has 3 heteroatoms. The van der Waals surface area contributed by atoms with E-state index in [9.17, 15) is 4.79 Å². The maximum atomic E-state index is 11.9. The van der Waals surface area contributed by atoms with E-state index in [0.29, 0.717) is 6.42 Å². The second kappa shape index (κ2) is 7.93. The Morgan fingerprint density at radius 2 is 1.95 bits per heavy atom. The van der Waals surface area contributed by atoms with E-state index in [-0.39, 0.29) is 5.91 Å². The predicted molar refractivity (Wildman–Crippen MR) is 85.3 cm³/mol. The molecule has 110 valence electrons. The van der Waals surface area contributed by atoms with Crippen molar-refractivity contribution < 1.29 is 4.79 Å². The molecule has 0 unspecified atom stereocenters. The van der Waals surface area contributed by atoms with Gasteiger partial charge >= 0.3 is 0 Å². The summed E-state index contributed by atoms with van der Waals surface area (Å²) in [5, 5.41) is 3.49. The first-order chi connectivity index (χ1) is 9.83. The van der Waals surface area contributed by atoms with Crippen molar-refractivity contribution in [2.75, 3.05) is 23.3 Å². The minimum Gasteiger partial charge on any atom is -0.383 e. The standard InChI is InChI=1S/C17H26N2O/c1-2-3-4-5-8-13-18-15-10-6-7-11-16(15)19-14-9-12-17(19)20/h6-7,10-11,18H,2-5,8-9,12-14H2,1H3. The number of nitrogens with zero attached hydrogens (tertiary/aromatic N) is 1. The molecule has 3 nitrogen and oxygen atoms in total. The fourth-order valence-corrected chi connectivity index (χ4v) is 2.71. The highest BCUT2D eigenvalue weighted by Crippen LogP contribution is 2.29. The maximum absolute atomic E-state index is 11.9. The molecule has 1 heterocycles. The van der Waals surface area contributed by atoms with Crippen LogP contribution in [-0.2, 0) is 4.79 Å². The average Bonchev–Trinajstić information content (AvgIpc) is 2.89. The van der Waals surface area contributed by atoms with Gasteiger partial charge in [0.1, 0.15) is 0 Å². The maximum Gasteiger partial charge on any atom is 0.227 e. The number of unbranched alkanes of at least 4 members (excludes halogenated alkanes) is 4. The van der Waals surface area contributed by atoms with E-state index < -0.39 is 0 Å². The van der Waals surface area contributed by atoms with Gasteiger partial charge in [-0.05, 0) is 25.0 Å². The molecule has 1 aromatic rings. The summed E-state index contributed by atoms with van der Waals surface area (Å²) in [5.74, 6) is 0.252. The molecule has 0 spiro atoms. The summed E-state index contributed by atoms with van der Waals surface area (Å²) in [4.78, 5) is 13.8. The lowest BCUT2D eigenvalue weighted by Gasteiger charge is -2.20. The monoisotopic (exact) mass is 274 g/mol. The molecule has 2 rings (SSSR count). The average molecular weight is 274 g/mol. The quantitative estimate of drug-likeness (QED) is 0.721. The third kappa shape index (κ3) is 3.99. The molecule has 1 N–H and O–H groups in total. The zero-order valence-corrected chi connectivity index (χ0v) is 12.5. The van der Waals surface area contributed by atoms with Crippen LogP contribution in [-0.4, -0.2) is 19.0 Å². The van der Waals surface area contributed by atoms with E-state index in [0.717, 1.165) is 30.9 Å². The third-order valence-electron chi connectivity index (χ3n) is 3.86. The second-order valence-electron chi connectivity index (χ2n) is 5.51. The summed E-state index contributed by atoms with van der Waals surface area (Å²) in [6.07, 6.45) is 8.08. The van der Waals surface area contributed by atoms with Gasteiger partial charge in [0.25, 0.3) is 0 Å². The topological polar surface area (TPSA) is 32.3 Å². The number of nitrogens with one attached hydrogen (secondary N) is 1. The molecule has 1 aromatic carbocycles. The number of carbonyl (C=O) groups excluding carboxylic acids is 1. The van der Waals surface area contributed by atoms with Gasteiger partial charge in [-0.15, -0.1) is 0 Å². The Balaban J connectivity index is 1.86. The molecular weight excluding hydrogens is 248 g/mol. The van der Waals surface area contributed by atoms with E-state index in [1.807, 2.05) is 23.1 Å². The van der Waals surface area contributed by atoms with Crippen molar-refractivity contribution in [2.45, 2.75) is 51.9 Å². The van der Waals surface area contributed by atoms with Crippen LogP contribution in [0.2, 0.25) is 0 Å². The van der Waals surface area contributed by atoms with Crippen LogP contribution in [0.15, 0.2) is 24.3 Å². The van der Waals surface area contributed by atoms with Crippen LogP contribution in [0.25, 0.3) is 0 Å². The minimum atomic E-state index is 0.252. The predicted octanol–water partition coefficient (Wildman–Crippen LogP) is 4.20. The van der Waals surface area contributed by atoms with Crippen LogP contribution in [0.1, 0.15) is 51.9 Å². The molecule has 1 fully saturated rings. The van der Waals surface area contributed by atoms with Crippen molar-refractivity contribution in [3.05, 3.63) is 24.3 Å². The molecule has 0 atom stereocenters. The zero-order valence-electron chi connectivity index (χ0n) is 12.5. The van der Waals surface area contributed by atoms with E-state index in [4.69, 9.17) is 0 Å². The fourth-order valence-electron chi connectivity index (χ4n) is 2.71. The zero-order chi connectivity index (χ0) is 14.2. The van der Waals surface area contributed by atoms with Crippen molar-refractivity contribution in [1.29, 1.82) is 0 Å². The Kier molecular flexibility index (Phi) is 5.90. The number of amides is 1. The Hall–Kier alpha value is -1.51. The van der Waals surface area contributed by atoms with Crippen molar-refractivity contribution in [2.24, 2.45) is 0 Å². The lowest BCUT2D eigenvalue weighted by Crippen LogP contribution is -2.24. The number of hydrogen-bond acceptors (Lipinski definition) is 2. The lowest BCUT2D eigenvalue weighted by atomic mass is 10.1. The van der Waals surface area contributed by atoms with E-state index in [2.05, 4.69) is 18.3 Å². The third-order valence-corrected chi connectivity index (χ3v) is 3.86. The van der Waals surface area contributed by atoms with Crippen LogP contribution in [0.5, 0.6) is 0 Å².